The maximum absolute atomic E-state index is 6.24. The van der Waals surface area contributed by atoms with Gasteiger partial charge in [-0.25, -0.2) is 0 Å². The van der Waals surface area contributed by atoms with Crippen LogP contribution in [0.3, 0.4) is 0 Å². The van der Waals surface area contributed by atoms with Crippen molar-refractivity contribution in [3.05, 3.63) is 21.9 Å². The number of hydrogen-bond acceptors (Lipinski definition) is 3. The van der Waals surface area contributed by atoms with Crippen molar-refractivity contribution < 1.29 is 0 Å². The highest BCUT2D eigenvalue weighted by molar-refractivity contribution is 7.12. The van der Waals surface area contributed by atoms with Crippen molar-refractivity contribution in [1.82, 2.24) is 4.90 Å². The third kappa shape index (κ3) is 2.56. The Morgan fingerprint density at radius 3 is 2.53 bits per heavy atom. The largest absolute Gasteiger partial charge is 0.326 e. The van der Waals surface area contributed by atoms with Gasteiger partial charge in [0.2, 0.25) is 0 Å². The van der Waals surface area contributed by atoms with Gasteiger partial charge in [-0.1, -0.05) is 0 Å². The first kappa shape index (κ1) is 13.1. The van der Waals surface area contributed by atoms with Crippen molar-refractivity contribution in [2.24, 2.45) is 5.73 Å². The molecule has 0 bridgehead atoms. The second-order valence-corrected chi connectivity index (χ2v) is 7.18. The number of hydrogen-bond donors (Lipinski definition) is 1. The van der Waals surface area contributed by atoms with Gasteiger partial charge in [0.15, 0.2) is 0 Å². The van der Waals surface area contributed by atoms with Crippen LogP contribution in [-0.2, 0) is 0 Å². The lowest BCUT2D eigenvalue weighted by Gasteiger charge is -2.40. The van der Waals surface area contributed by atoms with Crippen LogP contribution in [-0.4, -0.2) is 23.0 Å². The molecule has 0 saturated carbocycles. The molecule has 2 unspecified atom stereocenters. The number of rotatable bonds is 3. The molecule has 2 rings (SSSR count). The molecule has 0 spiro atoms. The van der Waals surface area contributed by atoms with Gasteiger partial charge < -0.3 is 5.73 Å². The van der Waals surface area contributed by atoms with Gasteiger partial charge in [0.1, 0.15) is 0 Å². The Morgan fingerprint density at radius 2 is 2.12 bits per heavy atom. The summed E-state index contributed by atoms with van der Waals surface area (Å²) in [4.78, 5) is 5.40. The smallest absolute Gasteiger partial charge is 0.0595 e. The molecule has 0 amide bonds. The van der Waals surface area contributed by atoms with Gasteiger partial charge in [-0.05, 0) is 59.2 Å². The molecule has 17 heavy (non-hydrogen) atoms. The number of nitrogens with zero attached hydrogens (tertiary/aromatic N) is 1. The zero-order chi connectivity index (χ0) is 12.6. The molecule has 3 heteroatoms. The van der Waals surface area contributed by atoms with Crippen molar-refractivity contribution in [3.63, 3.8) is 0 Å². The van der Waals surface area contributed by atoms with E-state index >= 15 is 0 Å². The second kappa shape index (κ2) is 4.71. The minimum absolute atomic E-state index is 0.186. The summed E-state index contributed by atoms with van der Waals surface area (Å²) >= 11 is 1.89. The molecular formula is C14H24N2S. The van der Waals surface area contributed by atoms with E-state index in [2.05, 4.69) is 44.7 Å². The van der Waals surface area contributed by atoms with Crippen LogP contribution >= 0.6 is 11.3 Å². The minimum Gasteiger partial charge on any atom is -0.326 e. The fourth-order valence-corrected chi connectivity index (χ4v) is 4.06. The Kier molecular flexibility index (Phi) is 3.62. The predicted octanol–water partition coefficient (Wildman–Crippen LogP) is 3.32. The molecule has 2 nitrogen and oxygen atoms in total. The van der Waals surface area contributed by atoms with Crippen LogP contribution in [0.25, 0.3) is 0 Å². The summed E-state index contributed by atoms with van der Waals surface area (Å²) in [6, 6.07) is 5.03. The topological polar surface area (TPSA) is 29.3 Å². The normalized spacial score (nSPS) is 23.8. The predicted molar refractivity (Wildman–Crippen MR) is 75.5 cm³/mol. The van der Waals surface area contributed by atoms with Crippen LogP contribution in [0.5, 0.6) is 0 Å². The van der Waals surface area contributed by atoms with Gasteiger partial charge >= 0.3 is 0 Å². The molecule has 1 saturated heterocycles. The summed E-state index contributed by atoms with van der Waals surface area (Å²) < 4.78 is 0. The van der Waals surface area contributed by atoms with Gasteiger partial charge in [0.05, 0.1) is 6.04 Å². The van der Waals surface area contributed by atoms with Crippen molar-refractivity contribution in [2.75, 3.05) is 6.54 Å². The van der Waals surface area contributed by atoms with E-state index in [0.29, 0.717) is 6.04 Å². The van der Waals surface area contributed by atoms with Crippen molar-refractivity contribution in [2.45, 2.75) is 58.2 Å². The Balaban J connectivity index is 2.30. The van der Waals surface area contributed by atoms with Crippen LogP contribution in [0.1, 0.15) is 49.4 Å². The first-order valence-electron chi connectivity index (χ1n) is 6.50. The van der Waals surface area contributed by atoms with Crippen LogP contribution in [0.4, 0.5) is 0 Å². The molecule has 1 aliphatic heterocycles. The number of thiophene rings is 1. The monoisotopic (exact) mass is 252 g/mol. The maximum atomic E-state index is 6.24. The lowest BCUT2D eigenvalue weighted by molar-refractivity contribution is 0.103. The molecule has 1 aromatic heterocycles. The van der Waals surface area contributed by atoms with Gasteiger partial charge in [0.25, 0.3) is 0 Å². The fraction of sp³-hybridized carbons (Fsp3) is 0.714. The third-order valence-corrected chi connectivity index (χ3v) is 4.92. The third-order valence-electron chi connectivity index (χ3n) is 3.85. The highest BCUT2D eigenvalue weighted by Gasteiger charge is 2.39. The van der Waals surface area contributed by atoms with Crippen LogP contribution in [0.15, 0.2) is 12.1 Å². The van der Waals surface area contributed by atoms with E-state index in [4.69, 9.17) is 5.73 Å². The molecule has 0 aliphatic carbocycles. The molecular weight excluding hydrogens is 228 g/mol. The van der Waals surface area contributed by atoms with E-state index in [1.54, 1.807) is 0 Å². The second-order valence-electron chi connectivity index (χ2n) is 5.86. The van der Waals surface area contributed by atoms with Crippen molar-refractivity contribution >= 4 is 11.3 Å². The number of aryl methyl sites for hydroxylation is 1. The molecule has 2 heterocycles. The zero-order valence-electron chi connectivity index (χ0n) is 11.4. The summed E-state index contributed by atoms with van der Waals surface area (Å²) in [6.07, 6.45) is 2.57. The Hall–Kier alpha value is -0.380. The maximum Gasteiger partial charge on any atom is 0.0595 e. The standard InChI is InChI=1S/C14H24N2S/c1-10-6-7-12(17-10)13(11(2)15)16-9-5-8-14(16,3)4/h6-7,11,13H,5,8-9,15H2,1-4H3. The summed E-state index contributed by atoms with van der Waals surface area (Å²) in [5, 5.41) is 0. The summed E-state index contributed by atoms with van der Waals surface area (Å²) in [5.74, 6) is 0. The fourth-order valence-electron chi connectivity index (χ4n) is 2.95. The SMILES string of the molecule is Cc1ccc(C(C(C)N)N2CCCC2(C)C)s1. The zero-order valence-corrected chi connectivity index (χ0v) is 12.2. The van der Waals surface area contributed by atoms with Crippen LogP contribution in [0, 0.1) is 6.92 Å². The van der Waals surface area contributed by atoms with E-state index < -0.39 is 0 Å². The van der Waals surface area contributed by atoms with Gasteiger partial charge in [-0.15, -0.1) is 11.3 Å². The first-order valence-corrected chi connectivity index (χ1v) is 7.32. The van der Waals surface area contributed by atoms with Crippen molar-refractivity contribution in [1.29, 1.82) is 0 Å². The lowest BCUT2D eigenvalue weighted by atomic mass is 9.97. The first-order chi connectivity index (χ1) is 7.92. The molecule has 2 atom stereocenters. The number of nitrogens with two attached hydrogens (primary N) is 1. The molecule has 0 aromatic carbocycles. The average Bonchev–Trinajstić information content (AvgIpc) is 2.75. The van der Waals surface area contributed by atoms with Gasteiger partial charge in [0, 0.05) is 21.3 Å². The van der Waals surface area contributed by atoms with Crippen LogP contribution < -0.4 is 5.73 Å². The van der Waals surface area contributed by atoms with E-state index in [9.17, 15) is 0 Å². The summed E-state index contributed by atoms with van der Waals surface area (Å²) in [6.45, 7) is 10.2. The molecule has 1 aromatic rings. The lowest BCUT2D eigenvalue weighted by Crippen LogP contribution is -2.46. The van der Waals surface area contributed by atoms with Crippen LogP contribution in [0.2, 0.25) is 0 Å². The van der Waals surface area contributed by atoms with Gasteiger partial charge in [-0.3, -0.25) is 4.90 Å². The summed E-state index contributed by atoms with van der Waals surface area (Å²) in [7, 11) is 0. The van der Waals surface area contributed by atoms with Gasteiger partial charge in [-0.2, -0.15) is 0 Å². The van der Waals surface area contributed by atoms with E-state index in [0.717, 1.165) is 0 Å². The minimum atomic E-state index is 0.186. The molecule has 2 N–H and O–H groups in total. The molecule has 0 radical (unpaired) electrons. The average molecular weight is 252 g/mol. The molecule has 1 fully saturated rings. The Bertz CT molecular complexity index is 381. The molecule has 1 aliphatic rings. The van der Waals surface area contributed by atoms with E-state index in [-0.39, 0.29) is 11.6 Å². The van der Waals surface area contributed by atoms with E-state index in [1.165, 1.54) is 29.1 Å². The van der Waals surface area contributed by atoms with Crippen molar-refractivity contribution in [3.8, 4) is 0 Å². The highest BCUT2D eigenvalue weighted by atomic mass is 32.1. The highest BCUT2D eigenvalue weighted by Crippen LogP contribution is 2.39. The quantitative estimate of drug-likeness (QED) is 0.894. The Morgan fingerprint density at radius 1 is 1.41 bits per heavy atom. The number of likely N-dealkylation sites (tertiary alicyclic amines) is 1. The van der Waals surface area contributed by atoms with E-state index in [1.807, 2.05) is 11.3 Å². The molecule has 96 valence electrons. The Labute approximate surface area is 109 Å². The summed E-state index contributed by atoms with van der Waals surface area (Å²) in [5.41, 5.74) is 6.53.